The van der Waals surface area contributed by atoms with E-state index >= 15 is 0 Å². The van der Waals surface area contributed by atoms with Crippen LogP contribution in [0.3, 0.4) is 0 Å². The van der Waals surface area contributed by atoms with Crippen LogP contribution >= 0.6 is 0 Å². The van der Waals surface area contributed by atoms with Crippen LogP contribution in [0.2, 0.25) is 0 Å². The average molecular weight is 435 g/mol. The molecule has 31 heavy (non-hydrogen) atoms. The Hall–Kier alpha value is -0.120. The summed E-state index contributed by atoms with van der Waals surface area (Å²) >= 11 is 0. The van der Waals surface area contributed by atoms with Crippen LogP contribution in [0.4, 0.5) is 0 Å². The Bertz CT molecular complexity index is 642. The average Bonchev–Trinajstić information content (AvgIpc) is 3.04. The molecule has 0 heterocycles. The maximum absolute atomic E-state index is 10.7. The molecule has 1 unspecified atom stereocenters. The van der Waals surface area contributed by atoms with Crippen molar-refractivity contribution in [2.45, 2.75) is 123 Å². The number of aliphatic hydroxyl groups excluding tert-OH is 1. The summed E-state index contributed by atoms with van der Waals surface area (Å²) in [6, 6.07) is 0. The highest BCUT2D eigenvalue weighted by Gasteiger charge is 2.61. The van der Waals surface area contributed by atoms with Crippen LogP contribution in [0.5, 0.6) is 0 Å². The zero-order chi connectivity index (χ0) is 22.7. The summed E-state index contributed by atoms with van der Waals surface area (Å²) in [4.78, 5) is 0. The quantitative estimate of drug-likeness (QED) is 0.484. The van der Waals surface area contributed by atoms with Gasteiger partial charge in [0.2, 0.25) is 0 Å². The highest BCUT2D eigenvalue weighted by Crippen LogP contribution is 2.68. The van der Waals surface area contributed by atoms with E-state index in [9.17, 15) is 15.3 Å². The van der Waals surface area contributed by atoms with Crippen molar-refractivity contribution in [1.29, 1.82) is 0 Å². The fourth-order valence-electron chi connectivity index (χ4n) is 9.51. The molecule has 0 aromatic rings. The lowest BCUT2D eigenvalue weighted by atomic mass is 9.43. The standard InChI is InChI=1S/C28H50O3/c1-19(10-12-25(2,30)16-17-29)22-8-9-23-21-7-6-20-18-26(3,31)14-15-27(20,4)24(21)11-13-28(22,23)5/h19-24,29-31H,6-18H2,1-5H3/t19-,20+,21+,22?,23+,24+,25-,26+,27+,28-/m1/s1. The van der Waals surface area contributed by atoms with Gasteiger partial charge in [0.15, 0.2) is 0 Å². The smallest absolute Gasteiger partial charge is 0.0641 e. The van der Waals surface area contributed by atoms with Crippen LogP contribution in [0.25, 0.3) is 0 Å². The summed E-state index contributed by atoms with van der Waals surface area (Å²) in [6.45, 7) is 11.7. The van der Waals surface area contributed by atoms with E-state index < -0.39 is 11.2 Å². The van der Waals surface area contributed by atoms with Crippen molar-refractivity contribution >= 4 is 0 Å². The molecule has 3 nitrogen and oxygen atoms in total. The molecule has 4 fully saturated rings. The number of fused-ring (bicyclic) bond motifs is 5. The first-order valence-electron chi connectivity index (χ1n) is 13.5. The highest BCUT2D eigenvalue weighted by molar-refractivity contribution is 5.10. The summed E-state index contributed by atoms with van der Waals surface area (Å²) in [5.41, 5.74) is -0.258. The number of hydrogen-bond donors (Lipinski definition) is 3. The molecule has 180 valence electrons. The van der Waals surface area contributed by atoms with Crippen molar-refractivity contribution < 1.29 is 15.3 Å². The Kier molecular flexibility index (Phi) is 6.41. The molecule has 0 spiro atoms. The highest BCUT2D eigenvalue weighted by atomic mass is 16.3. The molecule has 4 aliphatic rings. The predicted molar refractivity (Wildman–Crippen MR) is 127 cm³/mol. The van der Waals surface area contributed by atoms with Crippen molar-refractivity contribution in [3.8, 4) is 0 Å². The van der Waals surface area contributed by atoms with E-state index in [1.165, 1.54) is 44.9 Å². The van der Waals surface area contributed by atoms with Gasteiger partial charge in [0.1, 0.15) is 0 Å². The Labute approximate surface area is 191 Å². The third-order valence-electron chi connectivity index (χ3n) is 11.5. The van der Waals surface area contributed by atoms with Gasteiger partial charge in [0.25, 0.3) is 0 Å². The molecule has 0 amide bonds. The van der Waals surface area contributed by atoms with Crippen LogP contribution in [-0.2, 0) is 0 Å². The Morgan fingerprint density at radius 2 is 1.61 bits per heavy atom. The van der Waals surface area contributed by atoms with Gasteiger partial charge in [-0.05, 0) is 137 Å². The Morgan fingerprint density at radius 3 is 2.32 bits per heavy atom. The second kappa shape index (κ2) is 8.27. The normalized spacial score (nSPS) is 50.1. The Morgan fingerprint density at radius 1 is 0.903 bits per heavy atom. The van der Waals surface area contributed by atoms with Gasteiger partial charge in [-0.15, -0.1) is 0 Å². The summed E-state index contributed by atoms with van der Waals surface area (Å²) in [7, 11) is 0. The van der Waals surface area contributed by atoms with Gasteiger partial charge < -0.3 is 15.3 Å². The number of rotatable bonds is 6. The largest absolute Gasteiger partial charge is 0.396 e. The monoisotopic (exact) mass is 434 g/mol. The van der Waals surface area contributed by atoms with Crippen LogP contribution < -0.4 is 0 Å². The molecule has 4 aliphatic carbocycles. The molecule has 4 saturated carbocycles. The second-order valence-electron chi connectivity index (χ2n) is 13.6. The minimum absolute atomic E-state index is 0.0723. The molecule has 0 bridgehead atoms. The first kappa shape index (κ1) is 24.0. The van der Waals surface area contributed by atoms with E-state index in [1.807, 2.05) is 6.92 Å². The van der Waals surface area contributed by atoms with Gasteiger partial charge >= 0.3 is 0 Å². The summed E-state index contributed by atoms with van der Waals surface area (Å²) in [6.07, 6.45) is 13.8. The zero-order valence-corrected chi connectivity index (χ0v) is 21.0. The molecular weight excluding hydrogens is 384 g/mol. The van der Waals surface area contributed by atoms with Crippen molar-refractivity contribution in [2.24, 2.45) is 46.3 Å². The number of hydrogen-bond acceptors (Lipinski definition) is 3. The van der Waals surface area contributed by atoms with E-state index in [0.29, 0.717) is 29.1 Å². The zero-order valence-electron chi connectivity index (χ0n) is 21.0. The SMILES string of the molecule is C[C@H](CC[C@@](C)(O)CCO)C1CC[C@H]2[C@@H]3CC[C@H]4C[C@@](C)(O)CC[C@]4(C)[C@H]3CC[C@]12C. The van der Waals surface area contributed by atoms with E-state index in [0.717, 1.165) is 49.4 Å². The molecule has 0 radical (unpaired) electrons. The van der Waals surface area contributed by atoms with E-state index in [1.54, 1.807) is 0 Å². The maximum atomic E-state index is 10.7. The molecule has 3 heteroatoms. The summed E-state index contributed by atoms with van der Waals surface area (Å²) < 4.78 is 0. The molecule has 0 aromatic heterocycles. The van der Waals surface area contributed by atoms with Crippen molar-refractivity contribution in [2.75, 3.05) is 6.61 Å². The molecule has 0 aromatic carbocycles. The topological polar surface area (TPSA) is 60.7 Å². The van der Waals surface area contributed by atoms with Crippen molar-refractivity contribution in [1.82, 2.24) is 0 Å². The van der Waals surface area contributed by atoms with Crippen LogP contribution in [0.15, 0.2) is 0 Å². The fraction of sp³-hybridized carbons (Fsp3) is 1.00. The van der Waals surface area contributed by atoms with Crippen molar-refractivity contribution in [3.05, 3.63) is 0 Å². The lowest BCUT2D eigenvalue weighted by Gasteiger charge is -2.62. The van der Waals surface area contributed by atoms with E-state index in [-0.39, 0.29) is 6.61 Å². The second-order valence-corrected chi connectivity index (χ2v) is 13.6. The minimum Gasteiger partial charge on any atom is -0.396 e. The van der Waals surface area contributed by atoms with Gasteiger partial charge in [-0.1, -0.05) is 20.8 Å². The molecule has 0 aliphatic heterocycles. The third-order valence-corrected chi connectivity index (χ3v) is 11.5. The van der Waals surface area contributed by atoms with Crippen LogP contribution in [0, 0.1) is 46.3 Å². The van der Waals surface area contributed by atoms with E-state index in [4.69, 9.17) is 0 Å². The van der Waals surface area contributed by atoms with Crippen LogP contribution in [0.1, 0.15) is 112 Å². The predicted octanol–water partition coefficient (Wildman–Crippen LogP) is 5.95. The molecular formula is C28H50O3. The Balaban J connectivity index is 1.45. The summed E-state index contributed by atoms with van der Waals surface area (Å²) in [5, 5.41) is 30.5. The first-order valence-corrected chi connectivity index (χ1v) is 13.5. The number of aliphatic hydroxyl groups is 3. The van der Waals surface area contributed by atoms with Crippen LogP contribution in [-0.4, -0.2) is 33.1 Å². The van der Waals surface area contributed by atoms with Gasteiger partial charge in [0.05, 0.1) is 11.2 Å². The molecule has 3 N–H and O–H groups in total. The molecule has 10 atom stereocenters. The third kappa shape index (κ3) is 4.26. The van der Waals surface area contributed by atoms with Gasteiger partial charge in [-0.2, -0.15) is 0 Å². The van der Waals surface area contributed by atoms with Gasteiger partial charge in [-0.25, -0.2) is 0 Å². The van der Waals surface area contributed by atoms with Gasteiger partial charge in [-0.3, -0.25) is 0 Å². The molecule has 0 saturated heterocycles. The first-order chi connectivity index (χ1) is 14.4. The van der Waals surface area contributed by atoms with Gasteiger partial charge in [0, 0.05) is 6.61 Å². The summed E-state index contributed by atoms with van der Waals surface area (Å²) in [5.74, 6) is 4.76. The lowest BCUT2D eigenvalue weighted by Crippen LogP contribution is -2.55. The van der Waals surface area contributed by atoms with E-state index in [2.05, 4.69) is 27.7 Å². The maximum Gasteiger partial charge on any atom is 0.0641 e. The minimum atomic E-state index is -0.727. The lowest BCUT2D eigenvalue weighted by molar-refractivity contribution is -0.148. The van der Waals surface area contributed by atoms with Crippen molar-refractivity contribution in [3.63, 3.8) is 0 Å². The molecule has 4 rings (SSSR count). The fourth-order valence-corrected chi connectivity index (χ4v) is 9.51.